The highest BCUT2D eigenvalue weighted by atomic mass is 16.5. The van der Waals surface area contributed by atoms with E-state index < -0.39 is 17.8 Å². The molecule has 1 aliphatic rings. The van der Waals surface area contributed by atoms with Gasteiger partial charge in [0.2, 0.25) is 0 Å². The van der Waals surface area contributed by atoms with Crippen molar-refractivity contribution in [1.82, 2.24) is 5.32 Å². The maximum absolute atomic E-state index is 12.9. The first kappa shape index (κ1) is 19.2. The third-order valence-electron chi connectivity index (χ3n) is 4.07. The molecule has 2 aromatic rings. The number of anilines is 1. The Bertz CT molecular complexity index is 934. The van der Waals surface area contributed by atoms with Crippen molar-refractivity contribution in [2.24, 2.45) is 0 Å². The second-order valence-electron chi connectivity index (χ2n) is 6.08. The van der Waals surface area contributed by atoms with Crippen LogP contribution in [0.15, 0.2) is 54.1 Å². The van der Waals surface area contributed by atoms with Gasteiger partial charge in [-0.2, -0.15) is 0 Å². The Labute approximate surface area is 162 Å². The maximum Gasteiger partial charge on any atom is 0.335 e. The van der Waals surface area contributed by atoms with Crippen LogP contribution < -0.4 is 19.7 Å². The molecule has 1 N–H and O–H groups in total. The van der Waals surface area contributed by atoms with E-state index >= 15 is 0 Å². The van der Waals surface area contributed by atoms with E-state index in [1.54, 1.807) is 48.5 Å². The SMILES string of the molecule is CCCOc1cccc(/C=C2/C(=O)NC(=O)N(c3ccc(OC)cc3)C2=O)c1. The van der Waals surface area contributed by atoms with Gasteiger partial charge in [-0.15, -0.1) is 0 Å². The number of carbonyl (C=O) groups is 3. The average Bonchev–Trinajstić information content (AvgIpc) is 2.70. The zero-order valence-electron chi connectivity index (χ0n) is 15.6. The molecule has 0 saturated carbocycles. The molecule has 1 heterocycles. The monoisotopic (exact) mass is 380 g/mol. The number of hydrogen-bond acceptors (Lipinski definition) is 5. The van der Waals surface area contributed by atoms with Crippen molar-refractivity contribution < 1.29 is 23.9 Å². The minimum absolute atomic E-state index is 0.136. The number of hydrogen-bond donors (Lipinski definition) is 1. The first-order chi connectivity index (χ1) is 13.5. The number of carbonyl (C=O) groups excluding carboxylic acids is 3. The number of barbiturate groups is 1. The Hall–Kier alpha value is -3.61. The van der Waals surface area contributed by atoms with Crippen LogP contribution in [-0.4, -0.2) is 31.6 Å². The summed E-state index contributed by atoms with van der Waals surface area (Å²) in [5, 5.41) is 2.20. The number of nitrogens with zero attached hydrogens (tertiary/aromatic N) is 1. The van der Waals surface area contributed by atoms with Gasteiger partial charge in [-0.1, -0.05) is 19.1 Å². The molecule has 2 aromatic carbocycles. The topological polar surface area (TPSA) is 84.9 Å². The van der Waals surface area contributed by atoms with Gasteiger partial charge in [0.25, 0.3) is 11.8 Å². The van der Waals surface area contributed by atoms with Crippen LogP contribution in [0.25, 0.3) is 6.08 Å². The maximum atomic E-state index is 12.9. The van der Waals surface area contributed by atoms with Gasteiger partial charge in [0, 0.05) is 0 Å². The summed E-state index contributed by atoms with van der Waals surface area (Å²) in [5.41, 5.74) is 0.820. The number of ether oxygens (including phenoxy) is 2. The number of methoxy groups -OCH3 is 1. The lowest BCUT2D eigenvalue weighted by Crippen LogP contribution is -2.54. The summed E-state index contributed by atoms with van der Waals surface area (Å²) >= 11 is 0. The van der Waals surface area contributed by atoms with Crippen LogP contribution in [0.5, 0.6) is 11.5 Å². The number of nitrogens with one attached hydrogen (secondary N) is 1. The molecule has 0 bridgehead atoms. The van der Waals surface area contributed by atoms with Crippen LogP contribution in [0, 0.1) is 0 Å². The van der Waals surface area contributed by atoms with Gasteiger partial charge >= 0.3 is 6.03 Å². The van der Waals surface area contributed by atoms with Gasteiger partial charge in [-0.3, -0.25) is 14.9 Å². The molecule has 0 spiro atoms. The molecule has 0 unspecified atom stereocenters. The van der Waals surface area contributed by atoms with E-state index in [1.165, 1.54) is 13.2 Å². The van der Waals surface area contributed by atoms with Crippen LogP contribution in [0.1, 0.15) is 18.9 Å². The zero-order valence-corrected chi connectivity index (χ0v) is 15.6. The van der Waals surface area contributed by atoms with Crippen LogP contribution in [0.2, 0.25) is 0 Å². The predicted molar refractivity (Wildman–Crippen MR) is 104 cm³/mol. The molecule has 0 atom stereocenters. The van der Waals surface area contributed by atoms with E-state index in [-0.39, 0.29) is 5.57 Å². The van der Waals surface area contributed by atoms with E-state index in [0.717, 1.165) is 11.3 Å². The second kappa shape index (κ2) is 8.39. The molecule has 3 rings (SSSR count). The number of benzene rings is 2. The Morgan fingerprint density at radius 2 is 1.79 bits per heavy atom. The molecule has 1 fully saturated rings. The summed E-state index contributed by atoms with van der Waals surface area (Å²) in [6, 6.07) is 12.7. The molecule has 1 aliphatic heterocycles. The van der Waals surface area contributed by atoms with Crippen molar-refractivity contribution in [2.75, 3.05) is 18.6 Å². The van der Waals surface area contributed by atoms with Crippen molar-refractivity contribution in [2.45, 2.75) is 13.3 Å². The lowest BCUT2D eigenvalue weighted by atomic mass is 10.1. The molecule has 7 heteroatoms. The summed E-state index contributed by atoms with van der Waals surface area (Å²) in [7, 11) is 1.52. The molecule has 0 radical (unpaired) electrons. The summed E-state index contributed by atoms with van der Waals surface area (Å²) in [4.78, 5) is 38.3. The van der Waals surface area contributed by atoms with Gasteiger partial charge in [0.15, 0.2) is 0 Å². The Balaban J connectivity index is 1.92. The first-order valence-corrected chi connectivity index (χ1v) is 8.82. The lowest BCUT2D eigenvalue weighted by molar-refractivity contribution is -0.122. The van der Waals surface area contributed by atoms with Crippen molar-refractivity contribution in [3.63, 3.8) is 0 Å². The van der Waals surface area contributed by atoms with Crippen molar-refractivity contribution in [1.29, 1.82) is 0 Å². The van der Waals surface area contributed by atoms with Gasteiger partial charge in [-0.05, 0) is 54.5 Å². The lowest BCUT2D eigenvalue weighted by Gasteiger charge is -2.26. The van der Waals surface area contributed by atoms with Crippen LogP contribution >= 0.6 is 0 Å². The Kier molecular flexibility index (Phi) is 5.74. The van der Waals surface area contributed by atoms with Gasteiger partial charge < -0.3 is 9.47 Å². The minimum atomic E-state index is -0.794. The first-order valence-electron chi connectivity index (χ1n) is 8.82. The number of rotatable bonds is 6. The van der Waals surface area contributed by atoms with Crippen LogP contribution in [0.3, 0.4) is 0 Å². The fourth-order valence-corrected chi connectivity index (χ4v) is 2.70. The van der Waals surface area contributed by atoms with Crippen LogP contribution in [-0.2, 0) is 9.59 Å². The van der Waals surface area contributed by atoms with E-state index in [0.29, 0.717) is 29.4 Å². The normalized spacial score (nSPS) is 15.6. The standard InChI is InChI=1S/C21H20N2O5/c1-3-11-28-17-6-4-5-14(12-17)13-18-19(24)22-21(26)23(20(18)25)15-7-9-16(27-2)10-8-15/h4-10,12-13H,3,11H2,1-2H3,(H,22,24,26)/b18-13-. The number of amides is 4. The highest BCUT2D eigenvalue weighted by Crippen LogP contribution is 2.25. The summed E-state index contributed by atoms with van der Waals surface area (Å²) < 4.78 is 10.7. The van der Waals surface area contributed by atoms with Crippen LogP contribution in [0.4, 0.5) is 10.5 Å². The minimum Gasteiger partial charge on any atom is -0.497 e. The molecule has 0 aliphatic carbocycles. The summed E-state index contributed by atoms with van der Waals surface area (Å²) in [5.74, 6) is -0.203. The average molecular weight is 380 g/mol. The molecule has 144 valence electrons. The third-order valence-corrected chi connectivity index (χ3v) is 4.07. The Morgan fingerprint density at radius 3 is 2.46 bits per heavy atom. The second-order valence-corrected chi connectivity index (χ2v) is 6.08. The van der Waals surface area contributed by atoms with Crippen molar-refractivity contribution >= 4 is 29.6 Å². The number of urea groups is 1. The number of imide groups is 2. The molecule has 28 heavy (non-hydrogen) atoms. The van der Waals surface area contributed by atoms with E-state index in [2.05, 4.69) is 5.32 Å². The van der Waals surface area contributed by atoms with E-state index in [9.17, 15) is 14.4 Å². The highest BCUT2D eigenvalue weighted by molar-refractivity contribution is 6.39. The molecular weight excluding hydrogens is 360 g/mol. The van der Waals surface area contributed by atoms with E-state index in [1.807, 2.05) is 6.92 Å². The Morgan fingerprint density at radius 1 is 1.04 bits per heavy atom. The fourth-order valence-electron chi connectivity index (χ4n) is 2.70. The fraction of sp³-hybridized carbons (Fsp3) is 0.190. The van der Waals surface area contributed by atoms with Gasteiger partial charge in [-0.25, -0.2) is 9.69 Å². The summed E-state index contributed by atoms with van der Waals surface area (Å²) in [6.45, 7) is 2.57. The quantitative estimate of drug-likeness (QED) is 0.615. The zero-order chi connectivity index (χ0) is 20.1. The van der Waals surface area contributed by atoms with Crippen molar-refractivity contribution in [3.05, 3.63) is 59.7 Å². The molecule has 7 nitrogen and oxygen atoms in total. The molecule has 1 saturated heterocycles. The van der Waals surface area contributed by atoms with Gasteiger partial charge in [0.05, 0.1) is 19.4 Å². The van der Waals surface area contributed by atoms with Crippen molar-refractivity contribution in [3.8, 4) is 11.5 Å². The highest BCUT2D eigenvalue weighted by Gasteiger charge is 2.36. The molecular formula is C21H20N2O5. The largest absolute Gasteiger partial charge is 0.497 e. The molecule has 4 amide bonds. The van der Waals surface area contributed by atoms with Gasteiger partial charge in [0.1, 0.15) is 17.1 Å². The molecule has 0 aromatic heterocycles. The third kappa shape index (κ3) is 4.03. The summed E-state index contributed by atoms with van der Waals surface area (Å²) in [6.07, 6.45) is 2.31. The van der Waals surface area contributed by atoms with E-state index in [4.69, 9.17) is 9.47 Å². The smallest absolute Gasteiger partial charge is 0.335 e. The predicted octanol–water partition coefficient (Wildman–Crippen LogP) is 3.15.